The minimum Gasteiger partial charge on any atom is -0.334 e. The van der Waals surface area contributed by atoms with Crippen molar-refractivity contribution in [3.05, 3.63) is 34.0 Å². The molecule has 0 aromatic carbocycles. The van der Waals surface area contributed by atoms with E-state index in [1.807, 2.05) is 27.3 Å². The number of carbonyl (C=O) groups is 2. The monoisotopic (exact) mass is 347 g/mol. The van der Waals surface area contributed by atoms with E-state index in [0.29, 0.717) is 26.2 Å². The van der Waals surface area contributed by atoms with Crippen LogP contribution in [0.25, 0.3) is 0 Å². The number of amides is 3. The van der Waals surface area contributed by atoms with Gasteiger partial charge in [-0.05, 0) is 44.1 Å². The molecule has 24 heavy (non-hydrogen) atoms. The molecule has 1 aromatic heterocycles. The van der Waals surface area contributed by atoms with Crippen LogP contribution in [-0.4, -0.2) is 54.0 Å². The number of nitrogens with zero attached hydrogens (tertiary/aromatic N) is 2. The van der Waals surface area contributed by atoms with Crippen LogP contribution in [0.15, 0.2) is 29.2 Å². The van der Waals surface area contributed by atoms with Crippen molar-refractivity contribution in [3.63, 3.8) is 0 Å². The number of hydrogen-bond acceptors (Lipinski definition) is 3. The maximum absolute atomic E-state index is 12.4. The summed E-state index contributed by atoms with van der Waals surface area (Å²) in [4.78, 5) is 29.2. The van der Waals surface area contributed by atoms with E-state index in [-0.39, 0.29) is 18.0 Å². The lowest BCUT2D eigenvalue weighted by molar-refractivity contribution is 0.0669. The molecule has 1 aliphatic heterocycles. The number of rotatable bonds is 3. The van der Waals surface area contributed by atoms with Gasteiger partial charge in [0.05, 0.1) is 4.88 Å². The van der Waals surface area contributed by atoms with E-state index in [4.69, 9.17) is 0 Å². The highest BCUT2D eigenvalue weighted by Gasteiger charge is 2.26. The first-order chi connectivity index (χ1) is 11.6. The van der Waals surface area contributed by atoms with Gasteiger partial charge in [-0.2, -0.15) is 0 Å². The molecule has 5 nitrogen and oxygen atoms in total. The number of hydrogen-bond donors (Lipinski definition) is 1. The van der Waals surface area contributed by atoms with E-state index in [2.05, 4.69) is 18.3 Å². The molecule has 1 atom stereocenters. The predicted molar refractivity (Wildman–Crippen MR) is 96.3 cm³/mol. The zero-order valence-electron chi connectivity index (χ0n) is 14.2. The fourth-order valence-corrected chi connectivity index (χ4v) is 3.98. The Hall–Kier alpha value is -1.82. The zero-order valence-corrected chi connectivity index (χ0v) is 15.0. The van der Waals surface area contributed by atoms with Crippen LogP contribution in [0.3, 0.4) is 0 Å². The van der Waals surface area contributed by atoms with Crippen molar-refractivity contribution >= 4 is 23.3 Å². The van der Waals surface area contributed by atoms with Crippen molar-refractivity contribution in [1.29, 1.82) is 0 Å². The summed E-state index contributed by atoms with van der Waals surface area (Å²) >= 11 is 1.47. The highest BCUT2D eigenvalue weighted by Crippen LogP contribution is 2.20. The van der Waals surface area contributed by atoms with Crippen LogP contribution in [0.5, 0.6) is 0 Å². The van der Waals surface area contributed by atoms with Crippen molar-refractivity contribution in [2.45, 2.75) is 38.6 Å². The van der Waals surface area contributed by atoms with Gasteiger partial charge in [-0.15, -0.1) is 11.3 Å². The molecule has 1 fully saturated rings. The topological polar surface area (TPSA) is 52.7 Å². The smallest absolute Gasteiger partial charge is 0.317 e. The summed E-state index contributed by atoms with van der Waals surface area (Å²) in [5.74, 6) is 0.0748. The summed E-state index contributed by atoms with van der Waals surface area (Å²) in [6.07, 6.45) is 6.95. The van der Waals surface area contributed by atoms with Crippen molar-refractivity contribution < 1.29 is 9.59 Å². The molecule has 3 rings (SSSR count). The summed E-state index contributed by atoms with van der Waals surface area (Å²) in [5.41, 5.74) is 1.35. The molecule has 6 heteroatoms. The summed E-state index contributed by atoms with van der Waals surface area (Å²) in [7, 11) is 0. The summed E-state index contributed by atoms with van der Waals surface area (Å²) in [6, 6.07) is 3.83. The second-order valence-corrected chi connectivity index (χ2v) is 7.40. The number of nitrogens with one attached hydrogen (secondary N) is 1. The van der Waals surface area contributed by atoms with Crippen LogP contribution in [-0.2, 0) is 0 Å². The van der Waals surface area contributed by atoms with Crippen LogP contribution in [0.1, 0.15) is 42.3 Å². The van der Waals surface area contributed by atoms with Gasteiger partial charge in [0.2, 0.25) is 0 Å². The molecule has 3 amide bonds. The SMILES string of the molecule is CC(NC(=O)N1CCN(C(=O)c2cccs2)CC1)C1=CCCCC1. The Morgan fingerprint density at radius 1 is 1.17 bits per heavy atom. The lowest BCUT2D eigenvalue weighted by atomic mass is 9.95. The first kappa shape index (κ1) is 17.0. The quantitative estimate of drug-likeness (QED) is 0.854. The van der Waals surface area contributed by atoms with Gasteiger partial charge in [-0.3, -0.25) is 4.79 Å². The molecule has 0 radical (unpaired) electrons. The Bertz CT molecular complexity index is 604. The van der Waals surface area contributed by atoms with Gasteiger partial charge in [-0.1, -0.05) is 17.7 Å². The molecular formula is C18H25N3O2S. The van der Waals surface area contributed by atoms with E-state index >= 15 is 0 Å². The first-order valence-electron chi connectivity index (χ1n) is 8.72. The molecule has 2 aliphatic rings. The molecule has 2 heterocycles. The lowest BCUT2D eigenvalue weighted by Crippen LogP contribution is -2.54. The molecule has 0 saturated carbocycles. The maximum atomic E-state index is 12.4. The maximum Gasteiger partial charge on any atom is 0.317 e. The number of thiophene rings is 1. The van der Waals surface area contributed by atoms with Crippen LogP contribution < -0.4 is 5.32 Å². The Morgan fingerprint density at radius 3 is 2.54 bits per heavy atom. The zero-order chi connectivity index (χ0) is 16.9. The largest absolute Gasteiger partial charge is 0.334 e. The molecule has 0 spiro atoms. The minimum atomic E-state index is -0.0165. The van der Waals surface area contributed by atoms with E-state index in [0.717, 1.165) is 17.7 Å². The lowest BCUT2D eigenvalue weighted by Gasteiger charge is -2.35. The van der Waals surface area contributed by atoms with E-state index < -0.39 is 0 Å². The van der Waals surface area contributed by atoms with Crippen molar-refractivity contribution in [2.24, 2.45) is 0 Å². The molecule has 1 N–H and O–H groups in total. The summed E-state index contributed by atoms with van der Waals surface area (Å²) < 4.78 is 0. The van der Waals surface area contributed by atoms with E-state index in [1.165, 1.54) is 29.8 Å². The van der Waals surface area contributed by atoms with Crippen LogP contribution in [0, 0.1) is 0 Å². The van der Waals surface area contributed by atoms with Gasteiger partial charge < -0.3 is 15.1 Å². The molecule has 1 aromatic rings. The van der Waals surface area contributed by atoms with Gasteiger partial charge >= 0.3 is 6.03 Å². The summed E-state index contributed by atoms with van der Waals surface area (Å²) in [6.45, 7) is 4.44. The van der Waals surface area contributed by atoms with Crippen LogP contribution in [0.4, 0.5) is 4.79 Å². The molecule has 130 valence electrons. The third kappa shape index (κ3) is 3.98. The fourth-order valence-electron chi connectivity index (χ4n) is 3.29. The van der Waals surface area contributed by atoms with Gasteiger partial charge in [0.1, 0.15) is 0 Å². The third-order valence-electron chi connectivity index (χ3n) is 4.81. The second-order valence-electron chi connectivity index (χ2n) is 6.45. The highest BCUT2D eigenvalue weighted by molar-refractivity contribution is 7.12. The van der Waals surface area contributed by atoms with E-state index in [9.17, 15) is 9.59 Å². The van der Waals surface area contributed by atoms with E-state index in [1.54, 1.807) is 0 Å². The van der Waals surface area contributed by atoms with Crippen molar-refractivity contribution in [1.82, 2.24) is 15.1 Å². The normalized spacial score (nSPS) is 19.6. The second kappa shape index (κ2) is 7.83. The van der Waals surface area contributed by atoms with Crippen molar-refractivity contribution in [3.8, 4) is 0 Å². The number of urea groups is 1. The highest BCUT2D eigenvalue weighted by atomic mass is 32.1. The average molecular weight is 347 g/mol. The van der Waals surface area contributed by atoms with Gasteiger partial charge in [0, 0.05) is 32.2 Å². The average Bonchev–Trinajstić information content (AvgIpc) is 3.16. The van der Waals surface area contributed by atoms with Gasteiger partial charge in [-0.25, -0.2) is 4.79 Å². The number of carbonyl (C=O) groups excluding carboxylic acids is 2. The standard InChI is InChI=1S/C18H25N3O2S/c1-14(15-6-3-2-4-7-15)19-18(23)21-11-9-20(10-12-21)17(22)16-8-5-13-24-16/h5-6,8,13-14H,2-4,7,9-12H2,1H3,(H,19,23). The Balaban J connectivity index is 1.48. The van der Waals surface area contributed by atoms with Gasteiger partial charge in [0.25, 0.3) is 5.91 Å². The predicted octanol–water partition coefficient (Wildman–Crippen LogP) is 3.10. The molecule has 1 unspecified atom stereocenters. The Labute approximate surface area is 147 Å². The van der Waals surface area contributed by atoms with Crippen molar-refractivity contribution in [2.75, 3.05) is 26.2 Å². The fraction of sp³-hybridized carbons (Fsp3) is 0.556. The molecule has 1 saturated heterocycles. The van der Waals surface area contributed by atoms with Crippen LogP contribution in [0.2, 0.25) is 0 Å². The minimum absolute atomic E-state index is 0.0165. The van der Waals surface area contributed by atoms with Gasteiger partial charge in [0.15, 0.2) is 0 Å². The first-order valence-corrected chi connectivity index (χ1v) is 9.60. The Kier molecular flexibility index (Phi) is 5.56. The number of allylic oxidation sites excluding steroid dienone is 1. The number of piperazine rings is 1. The third-order valence-corrected chi connectivity index (χ3v) is 5.67. The Morgan fingerprint density at radius 2 is 1.92 bits per heavy atom. The van der Waals surface area contributed by atoms with Crippen LogP contribution >= 0.6 is 11.3 Å². The molecule has 1 aliphatic carbocycles. The summed E-state index contributed by atoms with van der Waals surface area (Å²) in [5, 5.41) is 5.02. The molecular weight excluding hydrogens is 322 g/mol. The molecule has 0 bridgehead atoms.